The van der Waals surface area contributed by atoms with Crippen LogP contribution in [0.15, 0.2) is 42.5 Å². The number of anilines is 3. The van der Waals surface area contributed by atoms with Crippen LogP contribution in [0, 0.1) is 20.8 Å². The summed E-state index contributed by atoms with van der Waals surface area (Å²) in [7, 11) is 0. The van der Waals surface area contributed by atoms with E-state index in [-0.39, 0.29) is 5.91 Å². The Hall–Kier alpha value is -2.88. The quantitative estimate of drug-likeness (QED) is 0.724. The van der Waals surface area contributed by atoms with Crippen molar-refractivity contribution in [1.82, 2.24) is 4.98 Å². The molecule has 2 N–H and O–H groups in total. The van der Waals surface area contributed by atoms with Crippen molar-refractivity contribution >= 4 is 33.9 Å². The van der Waals surface area contributed by atoms with Crippen LogP contribution in [0.3, 0.4) is 0 Å². The first-order valence-electron chi connectivity index (χ1n) is 7.95. The lowest BCUT2D eigenvalue weighted by Crippen LogP contribution is -2.05. The summed E-state index contributed by atoms with van der Waals surface area (Å²) >= 11 is 0. The molecule has 0 saturated carbocycles. The second kappa shape index (κ2) is 6.32. The van der Waals surface area contributed by atoms with Crippen molar-refractivity contribution in [3.63, 3.8) is 0 Å². The molecule has 0 unspecified atom stereocenters. The van der Waals surface area contributed by atoms with Gasteiger partial charge in [-0.2, -0.15) is 0 Å². The van der Waals surface area contributed by atoms with Crippen LogP contribution in [-0.4, -0.2) is 10.9 Å². The van der Waals surface area contributed by atoms with Crippen molar-refractivity contribution in [3.8, 4) is 0 Å². The third kappa shape index (κ3) is 3.38. The number of nitrogens with zero attached hydrogens (tertiary/aromatic N) is 1. The molecule has 24 heavy (non-hydrogen) atoms. The predicted octanol–water partition coefficient (Wildman–Crippen LogP) is 4.86. The molecule has 0 fully saturated rings. The van der Waals surface area contributed by atoms with E-state index in [0.29, 0.717) is 0 Å². The molecule has 2 aromatic carbocycles. The lowest BCUT2D eigenvalue weighted by atomic mass is 10.0. The van der Waals surface area contributed by atoms with E-state index < -0.39 is 0 Å². The van der Waals surface area contributed by atoms with E-state index in [4.69, 9.17) is 0 Å². The molecule has 0 aliphatic heterocycles. The van der Waals surface area contributed by atoms with Crippen LogP contribution in [0.4, 0.5) is 17.1 Å². The van der Waals surface area contributed by atoms with E-state index in [1.807, 2.05) is 31.2 Å². The zero-order valence-electron chi connectivity index (χ0n) is 14.4. The van der Waals surface area contributed by atoms with Crippen molar-refractivity contribution < 1.29 is 4.79 Å². The lowest BCUT2D eigenvalue weighted by molar-refractivity contribution is -0.114. The number of hydrogen-bond donors (Lipinski definition) is 2. The van der Waals surface area contributed by atoms with Crippen LogP contribution in [-0.2, 0) is 4.79 Å². The highest BCUT2D eigenvalue weighted by atomic mass is 16.1. The normalized spacial score (nSPS) is 10.7. The number of aryl methyl sites for hydroxylation is 3. The summed E-state index contributed by atoms with van der Waals surface area (Å²) in [4.78, 5) is 15.8. The van der Waals surface area contributed by atoms with Gasteiger partial charge in [-0.1, -0.05) is 11.6 Å². The third-order valence-electron chi connectivity index (χ3n) is 3.86. The van der Waals surface area contributed by atoms with Crippen molar-refractivity contribution in [3.05, 3.63) is 59.3 Å². The van der Waals surface area contributed by atoms with Crippen LogP contribution in [0.2, 0.25) is 0 Å². The molecule has 1 heterocycles. The summed E-state index contributed by atoms with van der Waals surface area (Å²) in [5.74, 6) is -0.0718. The first-order chi connectivity index (χ1) is 11.4. The molecule has 4 heteroatoms. The molecule has 0 bridgehead atoms. The predicted molar refractivity (Wildman–Crippen MR) is 100.0 cm³/mol. The standard InChI is InChI=1S/C20H21N3O/c1-12-9-13(2)20-18(10-12)19(11-14(3)21-20)23-17-7-5-16(6-8-17)22-15(4)24/h5-11H,1-4H3,(H,21,23)(H,22,24). The number of rotatable bonds is 3. The Morgan fingerprint density at radius 1 is 0.958 bits per heavy atom. The molecule has 0 aliphatic carbocycles. The van der Waals surface area contributed by atoms with E-state index in [0.717, 1.165) is 33.7 Å². The highest BCUT2D eigenvalue weighted by Gasteiger charge is 2.08. The molecule has 0 aliphatic rings. The van der Waals surface area contributed by atoms with Gasteiger partial charge in [0.1, 0.15) is 0 Å². The molecule has 3 aromatic rings. The van der Waals surface area contributed by atoms with Gasteiger partial charge < -0.3 is 10.6 Å². The molecule has 0 spiro atoms. The van der Waals surface area contributed by atoms with Gasteiger partial charge in [-0.3, -0.25) is 9.78 Å². The first-order valence-corrected chi connectivity index (χ1v) is 7.95. The van der Waals surface area contributed by atoms with Crippen LogP contribution in [0.25, 0.3) is 10.9 Å². The van der Waals surface area contributed by atoms with E-state index >= 15 is 0 Å². The van der Waals surface area contributed by atoms with E-state index in [9.17, 15) is 4.79 Å². The van der Waals surface area contributed by atoms with Gasteiger partial charge in [0.25, 0.3) is 0 Å². The highest BCUT2D eigenvalue weighted by Crippen LogP contribution is 2.29. The Balaban J connectivity index is 1.99. The molecular weight excluding hydrogens is 298 g/mol. The minimum atomic E-state index is -0.0718. The average molecular weight is 319 g/mol. The zero-order chi connectivity index (χ0) is 17.3. The summed E-state index contributed by atoms with van der Waals surface area (Å²) in [6, 6.07) is 14.0. The third-order valence-corrected chi connectivity index (χ3v) is 3.86. The van der Waals surface area contributed by atoms with Crippen LogP contribution < -0.4 is 10.6 Å². The summed E-state index contributed by atoms with van der Waals surface area (Å²) in [6.07, 6.45) is 0. The number of pyridine rings is 1. The maximum atomic E-state index is 11.1. The number of aromatic nitrogens is 1. The van der Waals surface area contributed by atoms with E-state index in [1.54, 1.807) is 0 Å². The molecule has 1 amide bonds. The number of fused-ring (bicyclic) bond motifs is 1. The number of amides is 1. The maximum absolute atomic E-state index is 11.1. The fraction of sp³-hybridized carbons (Fsp3) is 0.200. The highest BCUT2D eigenvalue weighted by molar-refractivity contribution is 5.95. The summed E-state index contributed by atoms with van der Waals surface area (Å²) < 4.78 is 0. The Morgan fingerprint density at radius 3 is 2.29 bits per heavy atom. The summed E-state index contributed by atoms with van der Waals surface area (Å²) in [5.41, 5.74) is 7.19. The van der Waals surface area contributed by atoms with Crippen LogP contribution in [0.5, 0.6) is 0 Å². The lowest BCUT2D eigenvalue weighted by Gasteiger charge is -2.13. The zero-order valence-corrected chi connectivity index (χ0v) is 14.4. The number of carbonyl (C=O) groups is 1. The SMILES string of the molecule is CC(=O)Nc1ccc(Nc2cc(C)nc3c(C)cc(C)cc23)cc1. The Kier molecular flexibility index (Phi) is 4.21. The van der Waals surface area contributed by atoms with Gasteiger partial charge in [0.05, 0.1) is 5.52 Å². The topological polar surface area (TPSA) is 54.0 Å². The van der Waals surface area contributed by atoms with Crippen LogP contribution in [0.1, 0.15) is 23.7 Å². The Bertz CT molecular complexity index is 914. The summed E-state index contributed by atoms with van der Waals surface area (Å²) in [5, 5.41) is 7.36. The van der Waals surface area contributed by atoms with Gasteiger partial charge in [-0.05, 0) is 62.7 Å². The monoisotopic (exact) mass is 319 g/mol. The van der Waals surface area contributed by atoms with Crippen molar-refractivity contribution in [2.24, 2.45) is 0 Å². The van der Waals surface area contributed by atoms with Gasteiger partial charge in [0.2, 0.25) is 5.91 Å². The summed E-state index contributed by atoms with van der Waals surface area (Å²) in [6.45, 7) is 7.69. The Morgan fingerprint density at radius 2 is 1.62 bits per heavy atom. The van der Waals surface area contributed by atoms with Crippen LogP contribution >= 0.6 is 0 Å². The van der Waals surface area contributed by atoms with Crippen molar-refractivity contribution in [1.29, 1.82) is 0 Å². The minimum absolute atomic E-state index is 0.0718. The van der Waals surface area contributed by atoms with Gasteiger partial charge in [0.15, 0.2) is 0 Å². The molecule has 1 aromatic heterocycles. The second-order valence-corrected chi connectivity index (χ2v) is 6.17. The number of hydrogen-bond acceptors (Lipinski definition) is 3. The molecule has 0 saturated heterocycles. The smallest absolute Gasteiger partial charge is 0.221 e. The molecule has 4 nitrogen and oxygen atoms in total. The molecule has 0 atom stereocenters. The largest absolute Gasteiger partial charge is 0.355 e. The fourth-order valence-corrected chi connectivity index (χ4v) is 2.91. The first kappa shape index (κ1) is 16.0. The minimum Gasteiger partial charge on any atom is -0.355 e. The van der Waals surface area contributed by atoms with Crippen molar-refractivity contribution in [2.45, 2.75) is 27.7 Å². The number of carbonyl (C=O) groups excluding carboxylic acids is 1. The molecule has 0 radical (unpaired) electrons. The fourth-order valence-electron chi connectivity index (χ4n) is 2.91. The molecule has 3 rings (SSSR count). The van der Waals surface area contributed by atoms with Gasteiger partial charge in [-0.15, -0.1) is 0 Å². The average Bonchev–Trinajstić information content (AvgIpc) is 2.50. The molecular formula is C20H21N3O. The Labute approximate surface area is 141 Å². The van der Waals surface area contributed by atoms with Gasteiger partial charge >= 0.3 is 0 Å². The number of nitrogens with one attached hydrogen (secondary N) is 2. The van der Waals surface area contributed by atoms with E-state index in [1.165, 1.54) is 18.1 Å². The van der Waals surface area contributed by atoms with Gasteiger partial charge in [0, 0.05) is 35.1 Å². The van der Waals surface area contributed by atoms with Gasteiger partial charge in [-0.25, -0.2) is 0 Å². The second-order valence-electron chi connectivity index (χ2n) is 6.17. The van der Waals surface area contributed by atoms with E-state index in [2.05, 4.69) is 47.7 Å². The number of benzene rings is 2. The van der Waals surface area contributed by atoms with Crippen molar-refractivity contribution in [2.75, 3.05) is 10.6 Å². The molecule has 122 valence electrons. The maximum Gasteiger partial charge on any atom is 0.221 e.